The largest absolute Gasteiger partial charge is 0.453 e. The molecule has 4 aromatic rings. The summed E-state index contributed by atoms with van der Waals surface area (Å²) in [6, 6.07) is 18.3. The SMILES string of the molecule is N#CC(C(=O)c1ccc(-c2ccccc2F)o1)c1nc2ccccc2[nH]1. The van der Waals surface area contributed by atoms with Gasteiger partial charge in [-0.05, 0) is 36.4 Å². The number of hydrogen-bond donors (Lipinski definition) is 1. The fourth-order valence-electron chi connectivity index (χ4n) is 2.77. The number of imidazole rings is 1. The maximum Gasteiger partial charge on any atom is 0.222 e. The summed E-state index contributed by atoms with van der Waals surface area (Å²) in [6.45, 7) is 0. The molecule has 2 aromatic heterocycles. The van der Waals surface area contributed by atoms with Crippen molar-refractivity contribution in [3.63, 3.8) is 0 Å². The minimum atomic E-state index is -1.14. The Labute approximate surface area is 147 Å². The molecule has 2 aromatic carbocycles. The first-order chi connectivity index (χ1) is 12.7. The van der Waals surface area contributed by atoms with Crippen molar-refractivity contribution in [2.24, 2.45) is 0 Å². The average Bonchev–Trinajstić information content (AvgIpc) is 3.29. The van der Waals surface area contributed by atoms with E-state index in [1.807, 2.05) is 24.3 Å². The number of aromatic amines is 1. The second kappa shape index (κ2) is 6.30. The molecule has 0 spiro atoms. The monoisotopic (exact) mass is 345 g/mol. The van der Waals surface area contributed by atoms with Crippen molar-refractivity contribution >= 4 is 16.8 Å². The molecule has 1 atom stereocenters. The van der Waals surface area contributed by atoms with E-state index in [4.69, 9.17) is 4.42 Å². The lowest BCUT2D eigenvalue weighted by atomic mass is 10.0. The highest BCUT2D eigenvalue weighted by Gasteiger charge is 2.28. The number of Topliss-reactive ketones (excluding diaryl/α,β-unsaturated/α-hetero) is 1. The quantitative estimate of drug-likeness (QED) is 0.554. The number of rotatable bonds is 4. The Morgan fingerprint density at radius 1 is 1.12 bits per heavy atom. The topological polar surface area (TPSA) is 82.7 Å². The van der Waals surface area contributed by atoms with Crippen molar-refractivity contribution in [3.8, 4) is 17.4 Å². The van der Waals surface area contributed by atoms with Crippen LogP contribution in [0.2, 0.25) is 0 Å². The Bertz CT molecular complexity index is 1120. The molecule has 0 aliphatic carbocycles. The van der Waals surface area contributed by atoms with Crippen LogP contribution in [0.3, 0.4) is 0 Å². The standard InChI is InChI=1S/C20H12FN3O2/c21-14-6-2-1-5-12(14)17-9-10-18(26-17)19(25)13(11-22)20-23-15-7-3-4-8-16(15)24-20/h1-10,13H,(H,23,24). The Hall–Kier alpha value is -3.72. The average molecular weight is 345 g/mol. The first-order valence-corrected chi connectivity index (χ1v) is 7.90. The molecule has 0 amide bonds. The number of carbonyl (C=O) groups is 1. The molecule has 6 heteroatoms. The number of para-hydroxylation sites is 2. The molecule has 4 rings (SSSR count). The third-order valence-corrected chi connectivity index (χ3v) is 4.06. The molecule has 0 saturated carbocycles. The van der Waals surface area contributed by atoms with Crippen molar-refractivity contribution in [2.45, 2.75) is 5.92 Å². The minimum Gasteiger partial charge on any atom is -0.453 e. The van der Waals surface area contributed by atoms with Crippen molar-refractivity contribution in [3.05, 3.63) is 78.1 Å². The molecule has 0 aliphatic heterocycles. The van der Waals surface area contributed by atoms with E-state index in [0.29, 0.717) is 5.52 Å². The summed E-state index contributed by atoms with van der Waals surface area (Å²) < 4.78 is 19.4. The number of carbonyl (C=O) groups excluding carboxylic acids is 1. The molecule has 1 N–H and O–H groups in total. The Morgan fingerprint density at radius 3 is 2.65 bits per heavy atom. The molecule has 26 heavy (non-hydrogen) atoms. The van der Waals surface area contributed by atoms with Gasteiger partial charge in [0.15, 0.2) is 11.7 Å². The number of aromatic nitrogens is 2. The molecule has 0 aliphatic rings. The number of hydrogen-bond acceptors (Lipinski definition) is 4. The molecule has 2 heterocycles. The number of nitrogens with one attached hydrogen (secondary N) is 1. The van der Waals surface area contributed by atoms with Gasteiger partial charge in [-0.15, -0.1) is 0 Å². The fourth-order valence-corrected chi connectivity index (χ4v) is 2.77. The van der Waals surface area contributed by atoms with Gasteiger partial charge in [-0.2, -0.15) is 5.26 Å². The summed E-state index contributed by atoms with van der Waals surface area (Å²) in [7, 11) is 0. The van der Waals surface area contributed by atoms with Crippen molar-refractivity contribution in [1.82, 2.24) is 9.97 Å². The van der Waals surface area contributed by atoms with E-state index in [0.717, 1.165) is 5.52 Å². The highest BCUT2D eigenvalue weighted by molar-refractivity contribution is 6.00. The highest BCUT2D eigenvalue weighted by atomic mass is 19.1. The van der Waals surface area contributed by atoms with E-state index >= 15 is 0 Å². The Morgan fingerprint density at radius 2 is 1.88 bits per heavy atom. The van der Waals surface area contributed by atoms with Crippen LogP contribution in [0.5, 0.6) is 0 Å². The molecule has 0 fully saturated rings. The predicted octanol–water partition coefficient (Wildman–Crippen LogP) is 4.45. The van der Waals surface area contributed by atoms with Crippen LogP contribution in [0, 0.1) is 17.1 Å². The first kappa shape index (κ1) is 15.8. The molecule has 0 radical (unpaired) electrons. The van der Waals surface area contributed by atoms with E-state index in [-0.39, 0.29) is 22.9 Å². The number of nitrogens with zero attached hydrogens (tertiary/aromatic N) is 2. The lowest BCUT2D eigenvalue weighted by Gasteiger charge is -2.03. The number of halogens is 1. The van der Waals surface area contributed by atoms with Gasteiger partial charge in [0.25, 0.3) is 0 Å². The normalized spacial score (nSPS) is 12.0. The molecule has 126 valence electrons. The van der Waals surface area contributed by atoms with Crippen molar-refractivity contribution in [1.29, 1.82) is 5.26 Å². The minimum absolute atomic E-state index is 0.0183. The van der Waals surface area contributed by atoms with Gasteiger partial charge in [-0.3, -0.25) is 4.79 Å². The second-order valence-electron chi connectivity index (χ2n) is 5.71. The number of fused-ring (bicyclic) bond motifs is 1. The number of ketones is 1. The zero-order chi connectivity index (χ0) is 18.1. The Kier molecular flexibility index (Phi) is 3.82. The Balaban J connectivity index is 1.68. The first-order valence-electron chi connectivity index (χ1n) is 7.90. The van der Waals surface area contributed by atoms with Crippen LogP contribution in [-0.4, -0.2) is 15.8 Å². The van der Waals surface area contributed by atoms with Gasteiger partial charge in [-0.25, -0.2) is 9.37 Å². The predicted molar refractivity (Wildman–Crippen MR) is 92.9 cm³/mol. The van der Waals surface area contributed by atoms with Gasteiger partial charge in [0.05, 0.1) is 22.7 Å². The van der Waals surface area contributed by atoms with E-state index in [1.54, 1.807) is 24.3 Å². The summed E-state index contributed by atoms with van der Waals surface area (Å²) in [5.74, 6) is -1.66. The summed E-state index contributed by atoms with van der Waals surface area (Å²) in [4.78, 5) is 20.0. The van der Waals surface area contributed by atoms with Gasteiger partial charge in [0, 0.05) is 0 Å². The van der Waals surface area contributed by atoms with Crippen LogP contribution in [0.1, 0.15) is 22.3 Å². The molecular formula is C20H12FN3O2. The maximum absolute atomic E-state index is 13.9. The maximum atomic E-state index is 13.9. The molecule has 5 nitrogen and oxygen atoms in total. The fraction of sp³-hybridized carbons (Fsp3) is 0.0500. The summed E-state index contributed by atoms with van der Waals surface area (Å²) in [6.07, 6.45) is 0. The van der Waals surface area contributed by atoms with E-state index in [1.165, 1.54) is 18.2 Å². The molecule has 0 bridgehead atoms. The third kappa shape index (κ3) is 2.66. The molecule has 1 unspecified atom stereocenters. The summed E-state index contributed by atoms with van der Waals surface area (Å²) >= 11 is 0. The lowest BCUT2D eigenvalue weighted by molar-refractivity contribution is 0.0950. The molecule has 0 saturated heterocycles. The highest BCUT2D eigenvalue weighted by Crippen LogP contribution is 2.28. The van der Waals surface area contributed by atoms with Crippen LogP contribution in [-0.2, 0) is 0 Å². The van der Waals surface area contributed by atoms with E-state index < -0.39 is 17.5 Å². The lowest BCUT2D eigenvalue weighted by Crippen LogP contribution is -2.12. The number of furan rings is 1. The third-order valence-electron chi connectivity index (χ3n) is 4.06. The van der Waals surface area contributed by atoms with Crippen molar-refractivity contribution < 1.29 is 13.6 Å². The second-order valence-corrected chi connectivity index (χ2v) is 5.71. The smallest absolute Gasteiger partial charge is 0.222 e. The van der Waals surface area contributed by atoms with Crippen molar-refractivity contribution in [2.75, 3.05) is 0 Å². The van der Waals surface area contributed by atoms with Crippen LogP contribution in [0.4, 0.5) is 4.39 Å². The zero-order valence-electron chi connectivity index (χ0n) is 13.4. The number of benzene rings is 2. The van der Waals surface area contributed by atoms with Crippen LogP contribution < -0.4 is 0 Å². The van der Waals surface area contributed by atoms with E-state index in [2.05, 4.69) is 9.97 Å². The molecular weight excluding hydrogens is 333 g/mol. The number of nitriles is 1. The summed E-state index contributed by atoms with van der Waals surface area (Å²) in [5.41, 5.74) is 1.66. The van der Waals surface area contributed by atoms with Gasteiger partial charge in [0.2, 0.25) is 5.78 Å². The van der Waals surface area contributed by atoms with Gasteiger partial charge in [-0.1, -0.05) is 24.3 Å². The van der Waals surface area contributed by atoms with Crippen LogP contribution >= 0.6 is 0 Å². The van der Waals surface area contributed by atoms with E-state index in [9.17, 15) is 14.4 Å². The summed E-state index contributed by atoms with van der Waals surface area (Å²) in [5, 5.41) is 9.47. The van der Waals surface area contributed by atoms with Gasteiger partial charge in [0.1, 0.15) is 17.4 Å². The van der Waals surface area contributed by atoms with Crippen LogP contribution in [0.25, 0.3) is 22.4 Å². The number of H-pyrrole nitrogens is 1. The van der Waals surface area contributed by atoms with Crippen LogP contribution in [0.15, 0.2) is 65.1 Å². The zero-order valence-corrected chi connectivity index (χ0v) is 13.4. The van der Waals surface area contributed by atoms with Gasteiger partial charge < -0.3 is 9.40 Å². The van der Waals surface area contributed by atoms with Gasteiger partial charge >= 0.3 is 0 Å².